The highest BCUT2D eigenvalue weighted by Crippen LogP contribution is 2.36. The molecule has 31 heavy (non-hydrogen) atoms. The van der Waals surface area contributed by atoms with Crippen molar-refractivity contribution in [2.75, 3.05) is 11.1 Å². The molecule has 0 unspecified atom stereocenters. The highest BCUT2D eigenvalue weighted by atomic mass is 35.5. The summed E-state index contributed by atoms with van der Waals surface area (Å²) >= 11 is 6.56. The largest absolute Gasteiger partial charge is 0.381 e. The average Bonchev–Trinajstić information content (AvgIpc) is 3.20. The minimum Gasteiger partial charge on any atom is -0.381 e. The summed E-state index contributed by atoms with van der Waals surface area (Å²) in [6.07, 6.45) is 5.62. The lowest BCUT2D eigenvalue weighted by molar-refractivity contribution is 0.928. The highest BCUT2D eigenvalue weighted by Gasteiger charge is 2.17. The van der Waals surface area contributed by atoms with Gasteiger partial charge in [0.2, 0.25) is 0 Å². The van der Waals surface area contributed by atoms with Gasteiger partial charge in [-0.25, -0.2) is 9.97 Å². The lowest BCUT2D eigenvalue weighted by atomic mass is 10.0. The molecule has 5 aromatic rings. The third-order valence-corrected chi connectivity index (χ3v) is 5.28. The Kier molecular flexibility index (Phi) is 4.76. The van der Waals surface area contributed by atoms with Crippen LogP contribution in [0.3, 0.4) is 0 Å². The molecule has 3 heterocycles. The van der Waals surface area contributed by atoms with Gasteiger partial charge in [0.1, 0.15) is 0 Å². The molecule has 0 bridgehead atoms. The quantitative estimate of drug-likeness (QED) is 0.386. The predicted octanol–water partition coefficient (Wildman–Crippen LogP) is 5.68. The van der Waals surface area contributed by atoms with Crippen molar-refractivity contribution in [3.63, 3.8) is 0 Å². The van der Waals surface area contributed by atoms with E-state index < -0.39 is 0 Å². The number of nitrogens with one attached hydrogen (secondary N) is 1. The first kappa shape index (κ1) is 19.1. The molecule has 5 rings (SSSR count). The van der Waals surface area contributed by atoms with Crippen LogP contribution in [0.5, 0.6) is 0 Å². The molecule has 0 aliphatic heterocycles. The Balaban J connectivity index is 1.72. The summed E-state index contributed by atoms with van der Waals surface area (Å²) in [5, 5.41) is 4.76. The maximum atomic E-state index is 6.56. The van der Waals surface area contributed by atoms with Crippen LogP contribution in [0.4, 0.5) is 17.3 Å². The first-order chi connectivity index (χ1) is 15.1. The van der Waals surface area contributed by atoms with Gasteiger partial charge in [0.15, 0.2) is 11.6 Å². The molecular weight excluding hydrogens is 408 g/mol. The normalized spacial score (nSPS) is 11.0. The molecule has 0 fully saturated rings. The number of anilines is 3. The smallest absolute Gasteiger partial charge is 0.174 e. The fourth-order valence-corrected chi connectivity index (χ4v) is 3.81. The number of hydrogen-bond donors (Lipinski definition) is 2. The molecular formula is C24H19ClN6. The summed E-state index contributed by atoms with van der Waals surface area (Å²) in [5.41, 5.74) is 11.1. The second-order valence-electron chi connectivity index (χ2n) is 7.24. The Bertz CT molecular complexity index is 1390. The number of benzene rings is 2. The average molecular weight is 427 g/mol. The van der Waals surface area contributed by atoms with Crippen LogP contribution in [0.15, 0.2) is 79.3 Å². The van der Waals surface area contributed by atoms with Gasteiger partial charge in [-0.2, -0.15) is 0 Å². The number of aromatic nitrogens is 4. The fraction of sp³-hybridized carbons (Fsp3) is 0.0417. The topological polar surface area (TPSA) is 81.7 Å². The predicted molar refractivity (Wildman–Crippen MR) is 126 cm³/mol. The molecule has 0 saturated carbocycles. The Morgan fingerprint density at radius 2 is 1.74 bits per heavy atom. The van der Waals surface area contributed by atoms with Gasteiger partial charge in [-0.3, -0.25) is 4.98 Å². The lowest BCUT2D eigenvalue weighted by Crippen LogP contribution is -2.05. The Morgan fingerprint density at radius 3 is 2.52 bits per heavy atom. The van der Waals surface area contributed by atoms with Crippen LogP contribution in [-0.4, -0.2) is 19.5 Å². The summed E-state index contributed by atoms with van der Waals surface area (Å²) in [4.78, 5) is 14.0. The number of nitrogen functional groups attached to an aromatic ring is 1. The van der Waals surface area contributed by atoms with Gasteiger partial charge < -0.3 is 15.6 Å². The second-order valence-corrected chi connectivity index (χ2v) is 7.65. The van der Waals surface area contributed by atoms with Gasteiger partial charge in [0.05, 0.1) is 27.6 Å². The first-order valence-electron chi connectivity index (χ1n) is 9.75. The van der Waals surface area contributed by atoms with Crippen molar-refractivity contribution >= 4 is 39.8 Å². The van der Waals surface area contributed by atoms with Gasteiger partial charge >= 0.3 is 0 Å². The third kappa shape index (κ3) is 3.69. The Hall–Kier alpha value is -3.90. The van der Waals surface area contributed by atoms with E-state index in [4.69, 9.17) is 27.3 Å². The number of rotatable bonds is 4. The van der Waals surface area contributed by atoms with Crippen molar-refractivity contribution in [1.82, 2.24) is 19.5 Å². The lowest BCUT2D eigenvalue weighted by Gasteiger charge is -2.14. The summed E-state index contributed by atoms with van der Waals surface area (Å²) in [5.74, 6) is 0.809. The van der Waals surface area contributed by atoms with E-state index in [1.807, 2.05) is 84.7 Å². The zero-order chi connectivity index (χ0) is 21.4. The number of nitrogens with two attached hydrogens (primary N) is 1. The maximum Gasteiger partial charge on any atom is 0.174 e. The van der Waals surface area contributed by atoms with Crippen molar-refractivity contribution in [1.29, 1.82) is 0 Å². The maximum absolute atomic E-state index is 6.56. The molecule has 0 radical (unpaired) electrons. The van der Waals surface area contributed by atoms with Crippen LogP contribution in [0.25, 0.3) is 33.4 Å². The first-order valence-corrected chi connectivity index (χ1v) is 10.1. The minimum atomic E-state index is 0.319. The zero-order valence-electron chi connectivity index (χ0n) is 16.7. The third-order valence-electron chi connectivity index (χ3n) is 5.00. The molecule has 0 saturated heterocycles. The SMILES string of the molecule is Cn1ccc(Nc2nc(-c3cc(Cl)c4ncccc4c3)c(-c3ccccc3)nc2N)c1. The summed E-state index contributed by atoms with van der Waals surface area (Å²) in [6.45, 7) is 0. The van der Waals surface area contributed by atoms with E-state index in [9.17, 15) is 0 Å². The van der Waals surface area contributed by atoms with Crippen LogP contribution < -0.4 is 11.1 Å². The van der Waals surface area contributed by atoms with Crippen molar-refractivity contribution < 1.29 is 0 Å². The molecule has 6 nitrogen and oxygen atoms in total. The molecule has 2 aromatic carbocycles. The van der Waals surface area contributed by atoms with E-state index in [2.05, 4.69) is 10.3 Å². The minimum absolute atomic E-state index is 0.319. The summed E-state index contributed by atoms with van der Waals surface area (Å²) in [7, 11) is 1.95. The van der Waals surface area contributed by atoms with Crippen molar-refractivity contribution in [2.24, 2.45) is 7.05 Å². The molecule has 0 aliphatic carbocycles. The van der Waals surface area contributed by atoms with Gasteiger partial charge in [0.25, 0.3) is 0 Å². The monoisotopic (exact) mass is 426 g/mol. The van der Waals surface area contributed by atoms with Gasteiger partial charge in [0, 0.05) is 42.2 Å². The molecule has 0 spiro atoms. The molecule has 152 valence electrons. The zero-order valence-corrected chi connectivity index (χ0v) is 17.5. The molecule has 3 N–H and O–H groups in total. The van der Waals surface area contributed by atoms with Crippen LogP contribution in [0, 0.1) is 0 Å². The standard InChI is InChI=1S/C24H19ClN6/c1-31-11-9-18(14-31)28-24-23(26)29-21(15-6-3-2-4-7-15)22(30-24)17-12-16-8-5-10-27-20(16)19(25)13-17/h2-14H,1H3,(H2,26,29)(H,28,30). The van der Waals surface area contributed by atoms with E-state index in [0.29, 0.717) is 28.0 Å². The van der Waals surface area contributed by atoms with Crippen molar-refractivity contribution in [3.05, 3.63) is 84.3 Å². The van der Waals surface area contributed by atoms with Crippen LogP contribution in [0.2, 0.25) is 5.02 Å². The second kappa shape index (κ2) is 7.74. The van der Waals surface area contributed by atoms with Crippen molar-refractivity contribution in [2.45, 2.75) is 0 Å². The fourth-order valence-electron chi connectivity index (χ4n) is 3.54. The number of halogens is 1. The number of pyridine rings is 1. The molecule has 0 aliphatic rings. The number of aryl methyl sites for hydroxylation is 1. The van der Waals surface area contributed by atoms with Crippen LogP contribution in [0.1, 0.15) is 0 Å². The van der Waals surface area contributed by atoms with Crippen LogP contribution in [-0.2, 0) is 7.05 Å². The van der Waals surface area contributed by atoms with Crippen LogP contribution >= 0.6 is 11.6 Å². The van der Waals surface area contributed by atoms with E-state index in [1.54, 1.807) is 6.20 Å². The van der Waals surface area contributed by atoms with E-state index in [-0.39, 0.29) is 0 Å². The summed E-state index contributed by atoms with van der Waals surface area (Å²) in [6, 6.07) is 19.6. The van der Waals surface area contributed by atoms with E-state index >= 15 is 0 Å². The number of nitrogens with zero attached hydrogens (tertiary/aromatic N) is 4. The molecule has 0 atom stereocenters. The Labute approximate surface area is 184 Å². The van der Waals surface area contributed by atoms with Gasteiger partial charge in [-0.05, 0) is 24.3 Å². The molecule has 3 aromatic heterocycles. The summed E-state index contributed by atoms with van der Waals surface area (Å²) < 4.78 is 1.95. The van der Waals surface area contributed by atoms with Crippen molar-refractivity contribution in [3.8, 4) is 22.5 Å². The highest BCUT2D eigenvalue weighted by molar-refractivity contribution is 6.35. The van der Waals surface area contributed by atoms with E-state index in [1.165, 1.54) is 0 Å². The van der Waals surface area contributed by atoms with E-state index in [0.717, 1.165) is 27.7 Å². The van der Waals surface area contributed by atoms with Gasteiger partial charge in [-0.1, -0.05) is 48.0 Å². The number of hydrogen-bond acceptors (Lipinski definition) is 5. The van der Waals surface area contributed by atoms with Gasteiger partial charge in [-0.15, -0.1) is 0 Å². The Morgan fingerprint density at radius 1 is 0.935 bits per heavy atom. The number of fused-ring (bicyclic) bond motifs is 1. The molecule has 7 heteroatoms. The molecule has 0 amide bonds.